The quantitative estimate of drug-likeness (QED) is 0.745. The van der Waals surface area contributed by atoms with Gasteiger partial charge >= 0.3 is 0 Å². The average Bonchev–Trinajstić information content (AvgIpc) is 3.23. The average molecular weight is 426 g/mol. The maximum Gasteiger partial charge on any atom is 0.262 e. The third kappa shape index (κ3) is 2.74. The van der Waals surface area contributed by atoms with Crippen molar-refractivity contribution in [2.75, 3.05) is 20.1 Å². The largest absolute Gasteiger partial charge is 0.341 e. The second-order valence-electron chi connectivity index (χ2n) is 8.06. The zero-order chi connectivity index (χ0) is 21.2. The van der Waals surface area contributed by atoms with Gasteiger partial charge in [-0.15, -0.1) is 0 Å². The van der Waals surface area contributed by atoms with Gasteiger partial charge in [0.05, 0.1) is 22.2 Å². The second kappa shape index (κ2) is 6.85. The van der Waals surface area contributed by atoms with Gasteiger partial charge in [0.15, 0.2) is 0 Å². The number of hydrogen-bond acceptors (Lipinski definition) is 5. The number of aliphatic imine (C=N–C) groups is 1. The Morgan fingerprint density at radius 2 is 1.90 bits per heavy atom. The number of aromatic amines is 1. The number of imidazole rings is 1. The van der Waals surface area contributed by atoms with Crippen LogP contribution in [-0.2, 0) is 4.79 Å². The van der Waals surface area contributed by atoms with Gasteiger partial charge in [0.25, 0.3) is 17.7 Å². The van der Waals surface area contributed by atoms with Gasteiger partial charge in [-0.3, -0.25) is 19.3 Å². The highest BCUT2D eigenvalue weighted by molar-refractivity contribution is 6.34. The Bertz CT molecular complexity index is 1170. The number of allylic oxidation sites excluding steroid dienone is 1. The van der Waals surface area contributed by atoms with Crippen molar-refractivity contribution in [3.8, 4) is 0 Å². The lowest BCUT2D eigenvalue weighted by Gasteiger charge is -2.33. The SMILES string of the molecule is Cc1c2c(cc3[nH]c(C4C(=O)N=CC=C4Cl)nc13)C(=O)N(C1CCN(C)CC1)C2=O. The summed E-state index contributed by atoms with van der Waals surface area (Å²) < 4.78 is 0. The van der Waals surface area contributed by atoms with Gasteiger partial charge in [-0.1, -0.05) is 11.6 Å². The summed E-state index contributed by atoms with van der Waals surface area (Å²) in [6, 6.07) is 1.58. The minimum absolute atomic E-state index is 0.0865. The Kier molecular flexibility index (Phi) is 4.37. The van der Waals surface area contributed by atoms with Crippen LogP contribution < -0.4 is 0 Å². The van der Waals surface area contributed by atoms with Crippen molar-refractivity contribution >= 4 is 46.6 Å². The maximum absolute atomic E-state index is 13.2. The van der Waals surface area contributed by atoms with Crippen LogP contribution in [0.1, 0.15) is 50.9 Å². The molecule has 0 aliphatic carbocycles. The Labute approximate surface area is 177 Å². The van der Waals surface area contributed by atoms with Crippen LogP contribution in [0.15, 0.2) is 22.2 Å². The first-order valence-electron chi connectivity index (χ1n) is 9.90. The van der Waals surface area contributed by atoms with E-state index in [0.717, 1.165) is 25.9 Å². The summed E-state index contributed by atoms with van der Waals surface area (Å²) >= 11 is 6.21. The summed E-state index contributed by atoms with van der Waals surface area (Å²) in [7, 11) is 2.04. The van der Waals surface area contributed by atoms with Crippen molar-refractivity contribution in [1.82, 2.24) is 19.8 Å². The van der Waals surface area contributed by atoms with Crippen molar-refractivity contribution in [1.29, 1.82) is 0 Å². The summed E-state index contributed by atoms with van der Waals surface area (Å²) in [4.78, 5) is 53.6. The molecule has 154 valence electrons. The lowest BCUT2D eigenvalue weighted by molar-refractivity contribution is -0.118. The van der Waals surface area contributed by atoms with Gasteiger partial charge in [0, 0.05) is 17.3 Å². The Balaban J connectivity index is 1.56. The number of amides is 3. The third-order valence-corrected chi connectivity index (χ3v) is 6.55. The summed E-state index contributed by atoms with van der Waals surface area (Å²) in [6.45, 7) is 3.50. The van der Waals surface area contributed by atoms with E-state index in [-0.39, 0.29) is 17.9 Å². The number of likely N-dealkylation sites (tertiary alicyclic amines) is 1. The van der Waals surface area contributed by atoms with Crippen LogP contribution in [0.5, 0.6) is 0 Å². The summed E-state index contributed by atoms with van der Waals surface area (Å²) in [5.74, 6) is -1.38. The molecule has 0 bridgehead atoms. The predicted octanol–water partition coefficient (Wildman–Crippen LogP) is 2.38. The normalized spacial score (nSPS) is 22.9. The number of imide groups is 1. The number of piperidine rings is 1. The fourth-order valence-electron chi connectivity index (χ4n) is 4.56. The van der Waals surface area contributed by atoms with Crippen molar-refractivity contribution in [3.05, 3.63) is 39.7 Å². The third-order valence-electron chi connectivity index (χ3n) is 6.21. The molecule has 1 atom stereocenters. The molecule has 8 nitrogen and oxygen atoms in total. The fourth-order valence-corrected chi connectivity index (χ4v) is 4.81. The molecule has 3 amide bonds. The van der Waals surface area contributed by atoms with Crippen molar-refractivity contribution in [2.24, 2.45) is 4.99 Å². The monoisotopic (exact) mass is 425 g/mol. The number of nitrogens with one attached hydrogen (secondary N) is 1. The van der Waals surface area contributed by atoms with E-state index in [1.54, 1.807) is 19.1 Å². The van der Waals surface area contributed by atoms with Gasteiger partial charge < -0.3 is 9.88 Å². The van der Waals surface area contributed by atoms with Crippen LogP contribution in [0.2, 0.25) is 0 Å². The molecule has 0 spiro atoms. The molecule has 1 aromatic heterocycles. The summed E-state index contributed by atoms with van der Waals surface area (Å²) in [5, 5.41) is 0.319. The number of aryl methyl sites for hydroxylation is 1. The number of hydrogen-bond donors (Lipinski definition) is 1. The number of nitrogens with zero attached hydrogens (tertiary/aromatic N) is 4. The van der Waals surface area contributed by atoms with Crippen LogP contribution in [0.3, 0.4) is 0 Å². The molecule has 1 fully saturated rings. The first-order chi connectivity index (χ1) is 14.4. The standard InChI is InChI=1S/C21H20ClN5O3/c1-10-15-12(20(29)27(21(15)30)11-4-7-26(2)8-5-11)9-14-17(10)25-18(24-14)16-13(22)3-6-23-19(16)28/h3,6,9,11,16H,4-5,7-8H2,1-2H3,(H,24,25). The number of dihydropyridines is 1. The molecule has 1 N–H and O–H groups in total. The molecule has 5 rings (SSSR count). The van der Waals surface area contributed by atoms with Crippen LogP contribution in [-0.4, -0.2) is 69.9 Å². The van der Waals surface area contributed by atoms with Crippen LogP contribution in [0.4, 0.5) is 0 Å². The zero-order valence-electron chi connectivity index (χ0n) is 16.6. The van der Waals surface area contributed by atoms with Gasteiger partial charge in [0.2, 0.25) is 0 Å². The molecule has 30 heavy (non-hydrogen) atoms. The van der Waals surface area contributed by atoms with E-state index >= 15 is 0 Å². The highest BCUT2D eigenvalue weighted by Gasteiger charge is 2.42. The lowest BCUT2D eigenvalue weighted by Crippen LogP contribution is -2.46. The van der Waals surface area contributed by atoms with E-state index in [0.29, 0.717) is 38.6 Å². The molecule has 4 heterocycles. The number of aromatic nitrogens is 2. The molecule has 3 aliphatic rings. The number of carbonyl (C=O) groups is 3. The Hall–Kier alpha value is -2.84. The first-order valence-corrected chi connectivity index (χ1v) is 10.3. The van der Waals surface area contributed by atoms with Gasteiger partial charge in [-0.2, -0.15) is 0 Å². The number of benzene rings is 1. The zero-order valence-corrected chi connectivity index (χ0v) is 17.4. The van der Waals surface area contributed by atoms with Crippen LogP contribution >= 0.6 is 11.6 Å². The van der Waals surface area contributed by atoms with Crippen molar-refractivity contribution in [3.63, 3.8) is 0 Å². The summed E-state index contributed by atoms with van der Waals surface area (Å²) in [6.07, 6.45) is 4.46. The molecular weight excluding hydrogens is 406 g/mol. The Morgan fingerprint density at radius 1 is 1.17 bits per heavy atom. The van der Waals surface area contributed by atoms with Gasteiger partial charge in [-0.25, -0.2) is 9.98 Å². The number of rotatable bonds is 2. The summed E-state index contributed by atoms with van der Waals surface area (Å²) in [5.41, 5.74) is 2.57. The fraction of sp³-hybridized carbons (Fsp3) is 0.381. The molecule has 3 aliphatic heterocycles. The molecule has 9 heteroatoms. The molecule has 2 aromatic rings. The highest BCUT2D eigenvalue weighted by atomic mass is 35.5. The predicted molar refractivity (Wildman–Crippen MR) is 112 cm³/mol. The van der Waals surface area contributed by atoms with Crippen LogP contribution in [0, 0.1) is 6.92 Å². The smallest absolute Gasteiger partial charge is 0.262 e. The van der Waals surface area contributed by atoms with Crippen LogP contribution in [0.25, 0.3) is 11.0 Å². The van der Waals surface area contributed by atoms with E-state index in [1.807, 2.05) is 7.05 Å². The lowest BCUT2D eigenvalue weighted by atomic mass is 10.0. The molecule has 0 radical (unpaired) electrons. The minimum atomic E-state index is -0.805. The molecular formula is C21H20ClN5O3. The maximum atomic E-state index is 13.2. The van der Waals surface area contributed by atoms with E-state index in [2.05, 4.69) is 19.9 Å². The first kappa shape index (κ1) is 19.1. The van der Waals surface area contributed by atoms with E-state index < -0.39 is 11.8 Å². The molecule has 1 unspecified atom stereocenters. The topological polar surface area (TPSA) is 98.7 Å². The van der Waals surface area contributed by atoms with E-state index in [9.17, 15) is 14.4 Å². The van der Waals surface area contributed by atoms with E-state index in [4.69, 9.17) is 11.6 Å². The van der Waals surface area contributed by atoms with Crippen molar-refractivity contribution in [2.45, 2.75) is 31.7 Å². The number of fused-ring (bicyclic) bond motifs is 2. The number of halogens is 1. The second-order valence-corrected chi connectivity index (χ2v) is 8.49. The van der Waals surface area contributed by atoms with Gasteiger partial charge in [0.1, 0.15) is 11.7 Å². The Morgan fingerprint density at radius 3 is 2.60 bits per heavy atom. The molecule has 1 aromatic carbocycles. The van der Waals surface area contributed by atoms with Crippen molar-refractivity contribution < 1.29 is 14.4 Å². The van der Waals surface area contributed by atoms with Gasteiger partial charge in [-0.05, 0) is 57.6 Å². The van der Waals surface area contributed by atoms with E-state index in [1.165, 1.54) is 11.1 Å². The molecule has 1 saturated heterocycles. The molecule has 0 saturated carbocycles. The number of carbonyl (C=O) groups excluding carboxylic acids is 3. The highest BCUT2D eigenvalue weighted by Crippen LogP contribution is 2.36. The minimum Gasteiger partial charge on any atom is -0.341 e. The number of H-pyrrole nitrogens is 1.